The third-order valence-electron chi connectivity index (χ3n) is 3.53. The molecule has 21 heavy (non-hydrogen) atoms. The van der Waals surface area contributed by atoms with E-state index in [1.165, 1.54) is 17.2 Å². The van der Waals surface area contributed by atoms with Crippen LogP contribution in [-0.2, 0) is 4.74 Å². The first kappa shape index (κ1) is 14.1. The summed E-state index contributed by atoms with van der Waals surface area (Å²) >= 11 is 0. The number of ether oxygens (including phenoxy) is 1. The van der Waals surface area contributed by atoms with Gasteiger partial charge in [0.25, 0.3) is 0 Å². The summed E-state index contributed by atoms with van der Waals surface area (Å²) in [5.74, 6) is 0.170. The summed E-state index contributed by atoms with van der Waals surface area (Å²) in [6, 6.07) is 0. The Morgan fingerprint density at radius 2 is 1.90 bits per heavy atom. The van der Waals surface area contributed by atoms with Gasteiger partial charge in [0.2, 0.25) is 0 Å². The molecule has 10 heteroatoms. The van der Waals surface area contributed by atoms with Gasteiger partial charge in [0.1, 0.15) is 36.3 Å². The van der Waals surface area contributed by atoms with Gasteiger partial charge in [-0.05, 0) is 0 Å². The fraction of sp³-hybridized carbons (Fsp3) is 0.545. The Balaban J connectivity index is 2.03. The molecule has 1 fully saturated rings. The van der Waals surface area contributed by atoms with Gasteiger partial charge in [0.05, 0.1) is 12.9 Å². The number of hydrogen-bond acceptors (Lipinski definition) is 9. The predicted molar refractivity (Wildman–Crippen MR) is 68.8 cm³/mol. The maximum atomic E-state index is 10.1. The van der Waals surface area contributed by atoms with Gasteiger partial charge in [-0.25, -0.2) is 15.0 Å². The molecule has 10 nitrogen and oxygen atoms in total. The van der Waals surface area contributed by atoms with Crippen LogP contribution < -0.4 is 5.73 Å². The number of aliphatic hydroxyl groups is 4. The molecule has 0 amide bonds. The smallest absolute Gasteiger partial charge is 0.167 e. The fourth-order valence-corrected chi connectivity index (χ4v) is 2.37. The largest absolute Gasteiger partial charge is 0.394 e. The molecule has 3 rings (SSSR count). The van der Waals surface area contributed by atoms with Crippen molar-refractivity contribution >= 4 is 17.0 Å². The minimum atomic E-state index is -1.47. The van der Waals surface area contributed by atoms with Crippen molar-refractivity contribution in [3.63, 3.8) is 0 Å². The molecule has 114 valence electrons. The van der Waals surface area contributed by atoms with Gasteiger partial charge in [0, 0.05) is 0 Å². The zero-order valence-corrected chi connectivity index (χ0v) is 10.8. The average molecular weight is 297 g/mol. The number of anilines is 1. The number of aliphatic hydroxyl groups excluding tert-OH is 4. The van der Waals surface area contributed by atoms with Crippen LogP contribution in [-0.4, -0.2) is 71.0 Å². The second-order valence-electron chi connectivity index (χ2n) is 4.80. The monoisotopic (exact) mass is 297 g/mol. The van der Waals surface area contributed by atoms with E-state index in [-0.39, 0.29) is 5.82 Å². The third kappa shape index (κ3) is 2.13. The Labute approximate surface area is 118 Å². The van der Waals surface area contributed by atoms with Crippen molar-refractivity contribution in [3.8, 4) is 0 Å². The second-order valence-corrected chi connectivity index (χ2v) is 4.80. The number of fused-ring (bicyclic) bond motifs is 1. The Kier molecular flexibility index (Phi) is 3.47. The second kappa shape index (κ2) is 5.16. The summed E-state index contributed by atoms with van der Waals surface area (Å²) in [5, 5.41) is 38.8. The van der Waals surface area contributed by atoms with Crippen LogP contribution in [0.15, 0.2) is 12.7 Å². The zero-order chi connectivity index (χ0) is 15.1. The Morgan fingerprint density at radius 1 is 1.14 bits per heavy atom. The van der Waals surface area contributed by atoms with Crippen LogP contribution in [0.5, 0.6) is 0 Å². The van der Waals surface area contributed by atoms with Crippen molar-refractivity contribution in [1.82, 2.24) is 19.5 Å². The highest BCUT2D eigenvalue weighted by atomic mass is 16.6. The van der Waals surface area contributed by atoms with Crippen LogP contribution in [0.1, 0.15) is 6.23 Å². The molecule has 6 N–H and O–H groups in total. The fourth-order valence-electron chi connectivity index (χ4n) is 2.37. The van der Waals surface area contributed by atoms with Crippen LogP contribution in [0.3, 0.4) is 0 Å². The SMILES string of the molecule is Nc1ncnc2c1ncn2[C@@H]1O[C@H](CO)[C@@H](O)[C@H](O)[C@@H]1O. The van der Waals surface area contributed by atoms with E-state index in [4.69, 9.17) is 10.5 Å². The summed E-state index contributed by atoms with van der Waals surface area (Å²) in [7, 11) is 0. The molecule has 0 saturated carbocycles. The molecule has 0 aliphatic carbocycles. The highest BCUT2D eigenvalue weighted by molar-refractivity contribution is 5.81. The van der Waals surface area contributed by atoms with Gasteiger partial charge in [0.15, 0.2) is 17.7 Å². The lowest BCUT2D eigenvalue weighted by Gasteiger charge is -2.40. The maximum Gasteiger partial charge on any atom is 0.167 e. The van der Waals surface area contributed by atoms with Crippen LogP contribution in [0.4, 0.5) is 5.82 Å². The standard InChI is InChI=1S/C11H15N5O5/c12-9-5-10(14-2-13-9)16(3-15-5)11-8(20)7(19)6(18)4(1-17)21-11/h2-4,6-8,11,17-20H,1H2,(H2,12,13,14)/t4-,6-,7+,8+,11-/m1/s1. The molecule has 0 spiro atoms. The number of nitrogens with two attached hydrogens (primary N) is 1. The number of aromatic nitrogens is 4. The van der Waals surface area contributed by atoms with E-state index in [0.717, 1.165) is 0 Å². The predicted octanol–water partition coefficient (Wildman–Crippen LogP) is -2.62. The van der Waals surface area contributed by atoms with Gasteiger partial charge in [-0.2, -0.15) is 0 Å². The quantitative estimate of drug-likeness (QED) is 0.400. The lowest BCUT2D eigenvalue weighted by Crippen LogP contribution is -2.56. The normalized spacial score (nSPS) is 33.4. The van der Waals surface area contributed by atoms with E-state index in [0.29, 0.717) is 11.2 Å². The van der Waals surface area contributed by atoms with Crippen molar-refractivity contribution in [3.05, 3.63) is 12.7 Å². The van der Waals surface area contributed by atoms with Crippen LogP contribution >= 0.6 is 0 Å². The summed E-state index contributed by atoms with van der Waals surface area (Å²) in [6.45, 7) is -0.509. The highest BCUT2D eigenvalue weighted by Gasteiger charge is 2.44. The molecule has 1 aliphatic rings. The molecule has 2 aromatic rings. The molecule has 0 bridgehead atoms. The van der Waals surface area contributed by atoms with Crippen LogP contribution in [0, 0.1) is 0 Å². The first-order chi connectivity index (χ1) is 10.0. The maximum absolute atomic E-state index is 10.1. The molecule has 5 atom stereocenters. The molecule has 0 radical (unpaired) electrons. The summed E-state index contributed by atoms with van der Waals surface area (Å²) in [6.07, 6.45) is -3.82. The number of nitrogens with zero attached hydrogens (tertiary/aromatic N) is 4. The number of hydrogen-bond donors (Lipinski definition) is 5. The van der Waals surface area contributed by atoms with Gasteiger partial charge in [-0.15, -0.1) is 0 Å². The highest BCUT2D eigenvalue weighted by Crippen LogP contribution is 2.30. The first-order valence-corrected chi connectivity index (χ1v) is 6.28. The van der Waals surface area contributed by atoms with Crippen LogP contribution in [0.25, 0.3) is 11.2 Å². The molecule has 1 saturated heterocycles. The minimum absolute atomic E-state index is 0.170. The van der Waals surface area contributed by atoms with Crippen molar-refractivity contribution in [2.75, 3.05) is 12.3 Å². The van der Waals surface area contributed by atoms with Gasteiger partial charge in [-0.3, -0.25) is 4.57 Å². The molecular formula is C11H15N5O5. The Morgan fingerprint density at radius 3 is 2.62 bits per heavy atom. The summed E-state index contributed by atoms with van der Waals surface area (Å²) in [5.41, 5.74) is 6.32. The Bertz CT molecular complexity index is 647. The van der Waals surface area contributed by atoms with Gasteiger partial charge in [-0.1, -0.05) is 0 Å². The van der Waals surface area contributed by atoms with E-state index in [1.807, 2.05) is 0 Å². The molecule has 1 aliphatic heterocycles. The first-order valence-electron chi connectivity index (χ1n) is 6.28. The third-order valence-corrected chi connectivity index (χ3v) is 3.53. The molecule has 0 aromatic carbocycles. The molecular weight excluding hydrogens is 282 g/mol. The summed E-state index contributed by atoms with van der Waals surface area (Å²) < 4.78 is 6.81. The lowest BCUT2D eigenvalue weighted by atomic mass is 9.98. The van der Waals surface area contributed by atoms with Crippen molar-refractivity contribution in [1.29, 1.82) is 0 Å². The number of nitrogen functional groups attached to an aromatic ring is 1. The van der Waals surface area contributed by atoms with Crippen molar-refractivity contribution in [2.45, 2.75) is 30.6 Å². The molecule has 3 heterocycles. The van der Waals surface area contributed by atoms with Crippen molar-refractivity contribution in [2.24, 2.45) is 0 Å². The van der Waals surface area contributed by atoms with Gasteiger partial charge < -0.3 is 30.9 Å². The molecule has 2 aromatic heterocycles. The number of rotatable bonds is 2. The number of imidazole rings is 1. The minimum Gasteiger partial charge on any atom is -0.394 e. The van der Waals surface area contributed by atoms with E-state index >= 15 is 0 Å². The van der Waals surface area contributed by atoms with E-state index in [9.17, 15) is 20.4 Å². The van der Waals surface area contributed by atoms with Gasteiger partial charge >= 0.3 is 0 Å². The molecule has 0 unspecified atom stereocenters. The topological polar surface area (TPSA) is 160 Å². The average Bonchev–Trinajstić information content (AvgIpc) is 2.91. The van der Waals surface area contributed by atoms with Crippen LogP contribution in [0.2, 0.25) is 0 Å². The van der Waals surface area contributed by atoms with E-state index < -0.39 is 37.3 Å². The lowest BCUT2D eigenvalue weighted by molar-refractivity contribution is -0.250. The Hall–Kier alpha value is -1.85. The van der Waals surface area contributed by atoms with E-state index in [1.54, 1.807) is 0 Å². The summed E-state index contributed by atoms with van der Waals surface area (Å²) in [4.78, 5) is 11.9. The zero-order valence-electron chi connectivity index (χ0n) is 10.8. The van der Waals surface area contributed by atoms with E-state index in [2.05, 4.69) is 15.0 Å². The van der Waals surface area contributed by atoms with Crippen molar-refractivity contribution < 1.29 is 25.2 Å².